The van der Waals surface area contributed by atoms with Gasteiger partial charge < -0.3 is 20.9 Å². The molecule has 0 bridgehead atoms. The first kappa shape index (κ1) is 14.5. The van der Waals surface area contributed by atoms with E-state index in [1.807, 2.05) is 23.0 Å². The number of aromatic nitrogens is 2. The number of anilines is 1. The highest BCUT2D eigenvalue weighted by Gasteiger charge is 2.25. The molecule has 1 aromatic carbocycles. The summed E-state index contributed by atoms with van der Waals surface area (Å²) < 4.78 is 12.3. The summed E-state index contributed by atoms with van der Waals surface area (Å²) in [4.78, 5) is 10.8. The Balaban J connectivity index is 1.76. The molecule has 0 aliphatic heterocycles. The smallest absolute Gasteiger partial charge is 0.404 e. The number of methoxy groups -OCH3 is 1. The number of nitrogens with two attached hydrogens (primary N) is 2. The summed E-state index contributed by atoms with van der Waals surface area (Å²) in [7, 11) is 1.59. The molecule has 1 fully saturated rings. The van der Waals surface area contributed by atoms with Gasteiger partial charge in [0, 0.05) is 17.6 Å². The van der Waals surface area contributed by atoms with Gasteiger partial charge in [-0.1, -0.05) is 0 Å². The summed E-state index contributed by atoms with van der Waals surface area (Å²) in [5, 5.41) is 5.62. The van der Waals surface area contributed by atoms with E-state index in [2.05, 4.69) is 5.10 Å². The van der Waals surface area contributed by atoms with Gasteiger partial charge in [0.1, 0.15) is 11.9 Å². The molecule has 0 saturated heterocycles. The number of rotatable bonds is 3. The maximum absolute atomic E-state index is 10.8. The topological polar surface area (TPSA) is 105 Å². The molecule has 7 heteroatoms. The fourth-order valence-corrected chi connectivity index (χ4v) is 3.04. The number of ether oxygens (including phenoxy) is 2. The third-order valence-corrected chi connectivity index (χ3v) is 4.17. The van der Waals surface area contributed by atoms with Gasteiger partial charge in [-0.3, -0.25) is 4.68 Å². The standard InChI is InChI=1S/C15H20N4O3/c1-21-14-7-13-9(6-12(14)16)8-19(18-13)10-2-4-11(5-3-10)22-15(17)20/h6-8,10-11H,2-5,16H2,1H3,(H2,17,20). The van der Waals surface area contributed by atoms with E-state index in [-0.39, 0.29) is 6.10 Å². The van der Waals surface area contributed by atoms with Crippen molar-refractivity contribution >= 4 is 22.7 Å². The van der Waals surface area contributed by atoms with Gasteiger partial charge >= 0.3 is 6.09 Å². The molecule has 1 aliphatic rings. The Morgan fingerprint density at radius 1 is 1.32 bits per heavy atom. The van der Waals surface area contributed by atoms with Crippen LogP contribution in [0.3, 0.4) is 0 Å². The first-order chi connectivity index (χ1) is 10.6. The van der Waals surface area contributed by atoms with Crippen molar-refractivity contribution in [2.24, 2.45) is 5.73 Å². The predicted molar refractivity (Wildman–Crippen MR) is 82.7 cm³/mol. The van der Waals surface area contributed by atoms with Crippen LogP contribution in [-0.4, -0.2) is 29.1 Å². The van der Waals surface area contributed by atoms with Gasteiger partial charge in [-0.05, 0) is 31.7 Å². The van der Waals surface area contributed by atoms with E-state index in [4.69, 9.17) is 20.9 Å². The Hall–Kier alpha value is -2.44. The summed E-state index contributed by atoms with van der Waals surface area (Å²) in [5.41, 5.74) is 12.5. The van der Waals surface area contributed by atoms with E-state index in [0.717, 1.165) is 36.6 Å². The fraction of sp³-hybridized carbons (Fsp3) is 0.467. The van der Waals surface area contributed by atoms with Crippen LogP contribution in [-0.2, 0) is 4.74 Å². The number of hydrogen-bond donors (Lipinski definition) is 2. The van der Waals surface area contributed by atoms with E-state index < -0.39 is 6.09 Å². The van der Waals surface area contributed by atoms with Crippen molar-refractivity contribution in [1.82, 2.24) is 9.78 Å². The lowest BCUT2D eigenvalue weighted by atomic mass is 9.93. The highest BCUT2D eigenvalue weighted by Crippen LogP contribution is 2.32. The van der Waals surface area contributed by atoms with Crippen LogP contribution in [0, 0.1) is 0 Å². The predicted octanol–water partition coefficient (Wildman–Crippen LogP) is 2.21. The number of benzene rings is 1. The van der Waals surface area contributed by atoms with Crippen molar-refractivity contribution in [3.63, 3.8) is 0 Å². The Morgan fingerprint density at radius 3 is 2.68 bits per heavy atom. The zero-order valence-corrected chi connectivity index (χ0v) is 12.5. The lowest BCUT2D eigenvalue weighted by molar-refractivity contribution is 0.0710. The van der Waals surface area contributed by atoms with E-state index in [1.165, 1.54) is 0 Å². The summed E-state index contributed by atoms with van der Waals surface area (Å²) in [6, 6.07) is 4.02. The van der Waals surface area contributed by atoms with Crippen LogP contribution in [0.2, 0.25) is 0 Å². The lowest BCUT2D eigenvalue weighted by Crippen LogP contribution is -2.28. The second-order valence-electron chi connectivity index (χ2n) is 5.63. The molecule has 1 saturated carbocycles. The normalized spacial score (nSPS) is 21.7. The van der Waals surface area contributed by atoms with Crippen LogP contribution in [0.25, 0.3) is 10.9 Å². The largest absolute Gasteiger partial charge is 0.495 e. The molecule has 0 radical (unpaired) electrons. The van der Waals surface area contributed by atoms with Gasteiger partial charge in [0.05, 0.1) is 24.4 Å². The van der Waals surface area contributed by atoms with Gasteiger partial charge in [0.25, 0.3) is 0 Å². The van der Waals surface area contributed by atoms with Gasteiger partial charge in [-0.2, -0.15) is 5.10 Å². The zero-order valence-electron chi connectivity index (χ0n) is 12.5. The number of hydrogen-bond acceptors (Lipinski definition) is 5. The van der Waals surface area contributed by atoms with E-state index >= 15 is 0 Å². The highest BCUT2D eigenvalue weighted by atomic mass is 16.6. The average molecular weight is 304 g/mol. The maximum atomic E-state index is 10.8. The van der Waals surface area contributed by atoms with Gasteiger partial charge in [0.15, 0.2) is 0 Å². The van der Waals surface area contributed by atoms with Crippen molar-refractivity contribution < 1.29 is 14.3 Å². The Bertz CT molecular complexity index is 689. The second kappa shape index (κ2) is 5.75. The summed E-state index contributed by atoms with van der Waals surface area (Å²) in [6.45, 7) is 0. The molecule has 22 heavy (non-hydrogen) atoms. The Morgan fingerprint density at radius 2 is 2.05 bits per heavy atom. The zero-order chi connectivity index (χ0) is 15.7. The van der Waals surface area contributed by atoms with Crippen molar-refractivity contribution in [3.05, 3.63) is 18.3 Å². The van der Waals surface area contributed by atoms with Gasteiger partial charge in [-0.25, -0.2) is 4.79 Å². The molecule has 1 amide bonds. The number of carbonyl (C=O) groups is 1. The maximum Gasteiger partial charge on any atom is 0.404 e. The summed E-state index contributed by atoms with van der Waals surface area (Å²) in [6.07, 6.45) is 4.64. The van der Waals surface area contributed by atoms with Crippen LogP contribution in [0.1, 0.15) is 31.7 Å². The van der Waals surface area contributed by atoms with Crippen molar-refractivity contribution in [1.29, 1.82) is 0 Å². The summed E-state index contributed by atoms with van der Waals surface area (Å²) in [5.74, 6) is 0.635. The summed E-state index contributed by atoms with van der Waals surface area (Å²) >= 11 is 0. The molecular weight excluding hydrogens is 284 g/mol. The van der Waals surface area contributed by atoms with E-state index in [9.17, 15) is 4.79 Å². The minimum atomic E-state index is -0.698. The SMILES string of the molecule is COc1cc2nn(C3CCC(OC(N)=O)CC3)cc2cc1N. The average Bonchev–Trinajstić information content (AvgIpc) is 2.89. The number of fused-ring (bicyclic) bond motifs is 1. The molecule has 7 nitrogen and oxygen atoms in total. The van der Waals surface area contributed by atoms with Crippen molar-refractivity contribution in [3.8, 4) is 5.75 Å². The first-order valence-electron chi connectivity index (χ1n) is 7.35. The Kier molecular flexibility index (Phi) is 3.79. The minimum Gasteiger partial charge on any atom is -0.495 e. The molecule has 1 aromatic heterocycles. The van der Waals surface area contributed by atoms with Crippen LogP contribution >= 0.6 is 0 Å². The first-order valence-corrected chi connectivity index (χ1v) is 7.35. The number of nitrogens with zero attached hydrogens (tertiary/aromatic N) is 2. The van der Waals surface area contributed by atoms with Crippen LogP contribution in [0.15, 0.2) is 18.3 Å². The molecule has 118 valence electrons. The number of nitrogen functional groups attached to an aromatic ring is 1. The molecule has 1 aliphatic carbocycles. The molecule has 1 heterocycles. The fourth-order valence-electron chi connectivity index (χ4n) is 3.04. The molecule has 0 unspecified atom stereocenters. The number of carbonyl (C=O) groups excluding carboxylic acids is 1. The number of amides is 1. The quantitative estimate of drug-likeness (QED) is 0.846. The molecular formula is C15H20N4O3. The monoisotopic (exact) mass is 304 g/mol. The molecule has 0 spiro atoms. The Labute approximate surface area is 128 Å². The van der Waals surface area contributed by atoms with E-state index in [1.54, 1.807) is 7.11 Å². The second-order valence-corrected chi connectivity index (χ2v) is 5.63. The lowest BCUT2D eigenvalue weighted by Gasteiger charge is -2.27. The van der Waals surface area contributed by atoms with Crippen LogP contribution < -0.4 is 16.2 Å². The minimum absolute atomic E-state index is 0.0746. The third kappa shape index (κ3) is 2.79. The van der Waals surface area contributed by atoms with Crippen LogP contribution in [0.4, 0.5) is 10.5 Å². The molecule has 0 atom stereocenters. The molecule has 4 N–H and O–H groups in total. The third-order valence-electron chi connectivity index (χ3n) is 4.17. The van der Waals surface area contributed by atoms with Gasteiger partial charge in [-0.15, -0.1) is 0 Å². The van der Waals surface area contributed by atoms with Gasteiger partial charge in [0.2, 0.25) is 0 Å². The molecule has 3 rings (SSSR count). The van der Waals surface area contributed by atoms with Crippen molar-refractivity contribution in [2.45, 2.75) is 37.8 Å². The van der Waals surface area contributed by atoms with Crippen LogP contribution in [0.5, 0.6) is 5.75 Å². The molecule has 2 aromatic rings. The highest BCUT2D eigenvalue weighted by molar-refractivity contribution is 5.84. The van der Waals surface area contributed by atoms with Crippen molar-refractivity contribution in [2.75, 3.05) is 12.8 Å². The van der Waals surface area contributed by atoms with E-state index in [0.29, 0.717) is 17.5 Å². The number of primary amides is 1.